The summed E-state index contributed by atoms with van der Waals surface area (Å²) in [6.45, 7) is 3.32. The highest BCUT2D eigenvalue weighted by atomic mass is 15.2. The summed E-state index contributed by atoms with van der Waals surface area (Å²) >= 11 is 0. The highest BCUT2D eigenvalue weighted by molar-refractivity contribution is 5.41. The van der Waals surface area contributed by atoms with Crippen LogP contribution in [0.4, 0.5) is 11.6 Å². The summed E-state index contributed by atoms with van der Waals surface area (Å²) in [5, 5.41) is 0. The number of anilines is 2. The van der Waals surface area contributed by atoms with E-state index in [2.05, 4.69) is 90.4 Å². The van der Waals surface area contributed by atoms with Crippen molar-refractivity contribution in [2.24, 2.45) is 0 Å². The number of nitrogens with zero attached hydrogens (tertiary/aromatic N) is 8. The summed E-state index contributed by atoms with van der Waals surface area (Å²) in [7, 11) is 0. The minimum atomic E-state index is 0.806. The van der Waals surface area contributed by atoms with E-state index >= 15 is 0 Å². The van der Waals surface area contributed by atoms with Crippen molar-refractivity contribution in [2.75, 3.05) is 36.0 Å². The maximum Gasteiger partial charge on any atom is 0.128 e. The molecule has 0 N–H and O–H groups in total. The van der Waals surface area contributed by atoms with Gasteiger partial charge in [0.25, 0.3) is 0 Å². The van der Waals surface area contributed by atoms with Crippen molar-refractivity contribution in [2.45, 2.75) is 38.5 Å². The molecule has 6 heterocycles. The van der Waals surface area contributed by atoms with Crippen LogP contribution in [0.5, 0.6) is 0 Å². The smallest absolute Gasteiger partial charge is 0.128 e. The molecule has 0 aliphatic rings. The Balaban J connectivity index is 1.13. The molecule has 6 aromatic heterocycles. The maximum absolute atomic E-state index is 5.13. The Kier molecular flexibility index (Phi) is 11.8. The van der Waals surface area contributed by atoms with Gasteiger partial charge in [0.2, 0.25) is 0 Å². The average Bonchev–Trinajstić information content (AvgIpc) is 3.16. The maximum atomic E-state index is 5.13. The van der Waals surface area contributed by atoms with Crippen LogP contribution < -0.4 is 9.80 Å². The molecular weight excluding hydrogens is 592 g/mol. The second-order valence-electron chi connectivity index (χ2n) is 11.7. The van der Waals surface area contributed by atoms with E-state index in [1.807, 2.05) is 73.3 Å². The Bertz CT molecular complexity index is 1570. The SMILES string of the molecule is c1ccc(CCN(CCc2ccccn2)c2cccc(CCc3cccc(N(CCc4ccccn4)CCc4ccccn4)n3)n2)nc1. The van der Waals surface area contributed by atoms with Crippen molar-refractivity contribution in [3.63, 3.8) is 0 Å². The molecule has 0 saturated heterocycles. The number of aromatic nitrogens is 6. The molecule has 0 aliphatic heterocycles. The first-order valence-corrected chi connectivity index (χ1v) is 16.8. The Morgan fingerprint density at radius 2 is 0.625 bits per heavy atom. The van der Waals surface area contributed by atoms with E-state index in [0.717, 1.165) is 111 Å². The highest BCUT2D eigenvalue weighted by Gasteiger charge is 2.13. The van der Waals surface area contributed by atoms with Crippen LogP contribution in [0.1, 0.15) is 34.2 Å². The van der Waals surface area contributed by atoms with Crippen LogP contribution in [0.2, 0.25) is 0 Å². The van der Waals surface area contributed by atoms with Crippen molar-refractivity contribution < 1.29 is 0 Å². The molecule has 6 rings (SSSR count). The molecule has 242 valence electrons. The third kappa shape index (κ3) is 10.00. The first-order valence-electron chi connectivity index (χ1n) is 16.8. The van der Waals surface area contributed by atoms with Crippen LogP contribution in [0.15, 0.2) is 134 Å². The predicted octanol–water partition coefficient (Wildman–Crippen LogP) is 6.43. The van der Waals surface area contributed by atoms with Gasteiger partial charge in [0, 0.05) is 111 Å². The average molecular weight is 635 g/mol. The van der Waals surface area contributed by atoms with E-state index in [1.54, 1.807) is 0 Å². The van der Waals surface area contributed by atoms with Gasteiger partial charge in [-0.05, 0) is 85.6 Å². The lowest BCUT2D eigenvalue weighted by Crippen LogP contribution is -2.30. The Morgan fingerprint density at radius 3 is 0.917 bits per heavy atom. The topological polar surface area (TPSA) is 83.8 Å². The second kappa shape index (κ2) is 17.4. The molecule has 0 fully saturated rings. The third-order valence-corrected chi connectivity index (χ3v) is 8.33. The summed E-state index contributed by atoms with van der Waals surface area (Å²) in [6, 6.07) is 37.0. The lowest BCUT2D eigenvalue weighted by atomic mass is 10.1. The highest BCUT2D eigenvalue weighted by Crippen LogP contribution is 2.18. The zero-order chi connectivity index (χ0) is 32.6. The fraction of sp³-hybridized carbons (Fsp3) is 0.250. The molecule has 8 nitrogen and oxygen atoms in total. The van der Waals surface area contributed by atoms with Gasteiger partial charge in [0.1, 0.15) is 11.6 Å². The Morgan fingerprint density at radius 1 is 0.312 bits per heavy atom. The van der Waals surface area contributed by atoms with Gasteiger partial charge < -0.3 is 9.80 Å². The number of rotatable bonds is 17. The number of aryl methyl sites for hydroxylation is 2. The van der Waals surface area contributed by atoms with E-state index in [1.165, 1.54) is 0 Å². The lowest BCUT2D eigenvalue weighted by molar-refractivity contribution is 0.732. The minimum Gasteiger partial charge on any atom is -0.356 e. The van der Waals surface area contributed by atoms with Gasteiger partial charge in [-0.15, -0.1) is 0 Å². The molecule has 0 spiro atoms. The van der Waals surface area contributed by atoms with Crippen molar-refractivity contribution in [1.29, 1.82) is 0 Å². The van der Waals surface area contributed by atoms with Gasteiger partial charge in [-0.25, -0.2) is 9.97 Å². The van der Waals surface area contributed by atoms with Gasteiger partial charge in [-0.3, -0.25) is 19.9 Å². The second-order valence-corrected chi connectivity index (χ2v) is 11.7. The van der Waals surface area contributed by atoms with Gasteiger partial charge >= 0.3 is 0 Å². The molecule has 0 saturated carbocycles. The van der Waals surface area contributed by atoms with Crippen LogP contribution in [0.3, 0.4) is 0 Å². The molecule has 0 radical (unpaired) electrons. The Hall–Kier alpha value is -5.50. The quantitative estimate of drug-likeness (QED) is 0.114. The van der Waals surface area contributed by atoms with E-state index in [0.29, 0.717) is 0 Å². The van der Waals surface area contributed by atoms with Crippen LogP contribution in [0, 0.1) is 0 Å². The molecule has 0 bridgehead atoms. The fourth-order valence-electron chi connectivity index (χ4n) is 5.68. The summed E-state index contributed by atoms with van der Waals surface area (Å²) in [5.74, 6) is 1.97. The van der Waals surface area contributed by atoms with Crippen molar-refractivity contribution in [3.8, 4) is 0 Å². The number of pyridine rings is 6. The standard InChI is InChI=1S/C40H42N8/c1-5-25-41-33(11-1)21-29-47(30-22-34-12-2-6-26-42-34)39-17-9-15-37(45-39)19-20-38-16-10-18-40(46-38)48(31-23-35-13-3-7-27-43-35)32-24-36-14-4-8-28-44-36/h1-18,25-28H,19-24,29-32H2. The van der Waals surface area contributed by atoms with E-state index in [9.17, 15) is 0 Å². The summed E-state index contributed by atoms with van der Waals surface area (Å²) < 4.78 is 0. The molecule has 8 heteroatoms. The summed E-state index contributed by atoms with van der Waals surface area (Å²) in [4.78, 5) is 33.1. The van der Waals surface area contributed by atoms with Gasteiger partial charge in [-0.1, -0.05) is 36.4 Å². The zero-order valence-corrected chi connectivity index (χ0v) is 27.4. The zero-order valence-electron chi connectivity index (χ0n) is 27.4. The first kappa shape index (κ1) is 32.4. The normalized spacial score (nSPS) is 10.9. The molecule has 6 aromatic rings. The van der Waals surface area contributed by atoms with E-state index < -0.39 is 0 Å². The first-order chi connectivity index (χ1) is 23.8. The van der Waals surface area contributed by atoms with Crippen LogP contribution in [-0.4, -0.2) is 56.1 Å². The minimum absolute atomic E-state index is 0.806. The molecule has 0 unspecified atom stereocenters. The summed E-state index contributed by atoms with van der Waals surface area (Å²) in [5.41, 5.74) is 6.44. The predicted molar refractivity (Wildman–Crippen MR) is 192 cm³/mol. The van der Waals surface area contributed by atoms with Gasteiger partial charge in [0.15, 0.2) is 0 Å². The molecule has 48 heavy (non-hydrogen) atoms. The van der Waals surface area contributed by atoms with E-state index in [4.69, 9.17) is 9.97 Å². The monoisotopic (exact) mass is 634 g/mol. The Labute approximate surface area is 283 Å². The van der Waals surface area contributed by atoms with Crippen LogP contribution in [-0.2, 0) is 38.5 Å². The summed E-state index contributed by atoms with van der Waals surface area (Å²) in [6.07, 6.45) is 12.4. The van der Waals surface area contributed by atoms with E-state index in [-0.39, 0.29) is 0 Å². The molecule has 0 aliphatic carbocycles. The fourth-order valence-corrected chi connectivity index (χ4v) is 5.68. The van der Waals surface area contributed by atoms with Gasteiger partial charge in [0.05, 0.1) is 0 Å². The van der Waals surface area contributed by atoms with Crippen molar-refractivity contribution >= 4 is 11.6 Å². The van der Waals surface area contributed by atoms with Crippen LogP contribution in [0.25, 0.3) is 0 Å². The number of hydrogen-bond acceptors (Lipinski definition) is 8. The third-order valence-electron chi connectivity index (χ3n) is 8.33. The van der Waals surface area contributed by atoms with Gasteiger partial charge in [-0.2, -0.15) is 0 Å². The molecular formula is C40H42N8. The largest absolute Gasteiger partial charge is 0.356 e. The molecule has 0 amide bonds. The van der Waals surface area contributed by atoms with Crippen LogP contribution >= 0.6 is 0 Å². The van der Waals surface area contributed by atoms with Crippen molar-refractivity contribution in [1.82, 2.24) is 29.9 Å². The lowest BCUT2D eigenvalue weighted by Gasteiger charge is -2.24. The van der Waals surface area contributed by atoms with Crippen molar-refractivity contribution in [3.05, 3.63) is 168 Å². The number of hydrogen-bond donors (Lipinski definition) is 0. The molecule has 0 aromatic carbocycles. The molecule has 0 atom stereocenters.